The molecule has 0 radical (unpaired) electrons. The van der Waals surface area contributed by atoms with Crippen molar-refractivity contribution in [3.63, 3.8) is 0 Å². The van der Waals surface area contributed by atoms with E-state index in [-0.39, 0.29) is 23.7 Å². The number of halogens is 1. The SMILES string of the molecule is CN(CC(=O)NC1CCCCC1)CC(C)(C)CN.Cl. The molecule has 0 heterocycles. The van der Waals surface area contributed by atoms with Crippen LogP contribution in [0, 0.1) is 5.41 Å². The zero-order chi connectivity index (χ0) is 13.6. The highest BCUT2D eigenvalue weighted by atomic mass is 35.5. The molecule has 0 unspecified atom stereocenters. The monoisotopic (exact) mass is 291 g/mol. The molecule has 5 heteroatoms. The fourth-order valence-corrected chi connectivity index (χ4v) is 2.62. The summed E-state index contributed by atoms with van der Waals surface area (Å²) in [5.41, 5.74) is 5.78. The maximum absolute atomic E-state index is 11.9. The average Bonchev–Trinajstić information content (AvgIpc) is 2.29. The van der Waals surface area contributed by atoms with E-state index in [4.69, 9.17) is 5.73 Å². The van der Waals surface area contributed by atoms with E-state index in [2.05, 4.69) is 24.1 Å². The Bertz CT molecular complexity index is 265. The Hall–Kier alpha value is -0.320. The van der Waals surface area contributed by atoms with E-state index in [1.807, 2.05) is 7.05 Å². The zero-order valence-corrected chi connectivity index (χ0v) is 13.4. The molecular weight excluding hydrogens is 262 g/mol. The Morgan fingerprint density at radius 3 is 2.42 bits per heavy atom. The van der Waals surface area contributed by atoms with Crippen molar-refractivity contribution in [2.75, 3.05) is 26.7 Å². The molecule has 0 aliphatic heterocycles. The largest absolute Gasteiger partial charge is 0.352 e. The number of carbonyl (C=O) groups is 1. The molecule has 0 saturated heterocycles. The summed E-state index contributed by atoms with van der Waals surface area (Å²) in [6.07, 6.45) is 6.10. The predicted molar refractivity (Wildman–Crippen MR) is 82.6 cm³/mol. The molecule has 0 aromatic heterocycles. The number of hydrogen-bond donors (Lipinski definition) is 2. The van der Waals surface area contributed by atoms with E-state index in [0.29, 0.717) is 19.1 Å². The third-order valence-corrected chi connectivity index (χ3v) is 3.63. The summed E-state index contributed by atoms with van der Waals surface area (Å²) in [5.74, 6) is 0.150. The molecule has 1 aliphatic carbocycles. The second-order valence-corrected chi connectivity index (χ2v) is 6.44. The molecule has 0 aromatic rings. The number of likely N-dealkylation sites (N-methyl/N-ethyl adjacent to an activating group) is 1. The minimum Gasteiger partial charge on any atom is -0.352 e. The van der Waals surface area contributed by atoms with Crippen molar-refractivity contribution in [2.45, 2.75) is 52.0 Å². The van der Waals surface area contributed by atoms with Gasteiger partial charge in [0.2, 0.25) is 5.91 Å². The lowest BCUT2D eigenvalue weighted by Gasteiger charge is -2.29. The Kier molecular flexibility index (Phi) is 8.62. The van der Waals surface area contributed by atoms with Gasteiger partial charge in [-0.2, -0.15) is 0 Å². The molecule has 1 saturated carbocycles. The van der Waals surface area contributed by atoms with Gasteiger partial charge in [0.05, 0.1) is 6.54 Å². The first kappa shape index (κ1) is 18.7. The third-order valence-electron chi connectivity index (χ3n) is 3.63. The van der Waals surface area contributed by atoms with Crippen LogP contribution in [0.5, 0.6) is 0 Å². The first-order valence-corrected chi connectivity index (χ1v) is 7.11. The van der Waals surface area contributed by atoms with Gasteiger partial charge in [-0.05, 0) is 31.8 Å². The summed E-state index contributed by atoms with van der Waals surface area (Å²) in [7, 11) is 1.98. The van der Waals surface area contributed by atoms with Crippen LogP contribution in [0.1, 0.15) is 46.0 Å². The maximum atomic E-state index is 11.9. The van der Waals surface area contributed by atoms with E-state index in [0.717, 1.165) is 19.4 Å². The van der Waals surface area contributed by atoms with Crippen LogP contribution in [0.3, 0.4) is 0 Å². The van der Waals surface area contributed by atoms with Crippen molar-refractivity contribution in [2.24, 2.45) is 11.1 Å². The average molecular weight is 292 g/mol. The van der Waals surface area contributed by atoms with Crippen LogP contribution in [0.2, 0.25) is 0 Å². The molecule has 1 amide bonds. The predicted octanol–water partition coefficient (Wildman–Crippen LogP) is 1.77. The second kappa shape index (κ2) is 8.77. The Morgan fingerprint density at radius 1 is 1.32 bits per heavy atom. The van der Waals surface area contributed by atoms with Crippen LogP contribution in [-0.2, 0) is 4.79 Å². The van der Waals surface area contributed by atoms with Crippen LogP contribution in [0.4, 0.5) is 0 Å². The van der Waals surface area contributed by atoms with E-state index >= 15 is 0 Å². The smallest absolute Gasteiger partial charge is 0.234 e. The zero-order valence-electron chi connectivity index (χ0n) is 12.6. The molecule has 1 fully saturated rings. The van der Waals surface area contributed by atoms with Gasteiger partial charge in [-0.15, -0.1) is 12.4 Å². The van der Waals surface area contributed by atoms with Crippen molar-refractivity contribution in [3.8, 4) is 0 Å². The van der Waals surface area contributed by atoms with Crippen molar-refractivity contribution in [1.82, 2.24) is 10.2 Å². The van der Waals surface area contributed by atoms with E-state index in [1.165, 1.54) is 19.3 Å². The second-order valence-electron chi connectivity index (χ2n) is 6.44. The van der Waals surface area contributed by atoms with Gasteiger partial charge >= 0.3 is 0 Å². The summed E-state index contributed by atoms with van der Waals surface area (Å²) < 4.78 is 0. The quantitative estimate of drug-likeness (QED) is 0.784. The summed E-state index contributed by atoms with van der Waals surface area (Å²) >= 11 is 0. The topological polar surface area (TPSA) is 58.4 Å². The van der Waals surface area contributed by atoms with Gasteiger partial charge in [-0.3, -0.25) is 9.69 Å². The fraction of sp³-hybridized carbons (Fsp3) is 0.929. The normalized spacial score (nSPS) is 17.1. The van der Waals surface area contributed by atoms with Crippen LogP contribution in [-0.4, -0.2) is 43.5 Å². The van der Waals surface area contributed by atoms with Gasteiger partial charge in [-0.25, -0.2) is 0 Å². The molecule has 1 rings (SSSR count). The third kappa shape index (κ3) is 7.75. The summed E-state index contributed by atoms with van der Waals surface area (Å²) in [5, 5.41) is 3.14. The van der Waals surface area contributed by atoms with Crippen LogP contribution >= 0.6 is 12.4 Å². The Balaban J connectivity index is 0.00000324. The summed E-state index contributed by atoms with van der Waals surface area (Å²) in [6.45, 7) is 6.22. The number of hydrogen-bond acceptors (Lipinski definition) is 3. The number of nitrogens with zero attached hydrogens (tertiary/aromatic N) is 1. The molecular formula is C14H30ClN3O. The minimum atomic E-state index is 0. The lowest BCUT2D eigenvalue weighted by Crippen LogP contribution is -2.44. The van der Waals surface area contributed by atoms with Gasteiger partial charge in [0.1, 0.15) is 0 Å². The molecule has 114 valence electrons. The maximum Gasteiger partial charge on any atom is 0.234 e. The molecule has 1 aliphatic rings. The lowest BCUT2D eigenvalue weighted by molar-refractivity contribution is -0.123. The Morgan fingerprint density at radius 2 is 1.89 bits per heavy atom. The minimum absolute atomic E-state index is 0. The van der Waals surface area contributed by atoms with Gasteiger partial charge in [0, 0.05) is 12.6 Å². The van der Waals surface area contributed by atoms with Crippen molar-refractivity contribution >= 4 is 18.3 Å². The number of rotatable bonds is 6. The van der Waals surface area contributed by atoms with Gasteiger partial charge in [0.25, 0.3) is 0 Å². The summed E-state index contributed by atoms with van der Waals surface area (Å²) in [6, 6.07) is 0.405. The van der Waals surface area contributed by atoms with Gasteiger partial charge in [-0.1, -0.05) is 33.1 Å². The lowest BCUT2D eigenvalue weighted by atomic mass is 9.93. The molecule has 3 N–H and O–H groups in total. The van der Waals surface area contributed by atoms with Crippen LogP contribution < -0.4 is 11.1 Å². The van der Waals surface area contributed by atoms with Crippen molar-refractivity contribution in [1.29, 1.82) is 0 Å². The van der Waals surface area contributed by atoms with Gasteiger partial charge < -0.3 is 11.1 Å². The van der Waals surface area contributed by atoms with Crippen LogP contribution in [0.25, 0.3) is 0 Å². The molecule has 0 bridgehead atoms. The number of amides is 1. The van der Waals surface area contributed by atoms with Gasteiger partial charge in [0.15, 0.2) is 0 Å². The highest BCUT2D eigenvalue weighted by Crippen LogP contribution is 2.17. The standard InChI is InChI=1S/C14H29N3O.ClH/c1-14(2,10-15)11-17(3)9-13(18)16-12-7-5-4-6-8-12;/h12H,4-11,15H2,1-3H3,(H,16,18);1H. The first-order valence-electron chi connectivity index (χ1n) is 7.11. The number of nitrogens with two attached hydrogens (primary N) is 1. The highest BCUT2D eigenvalue weighted by molar-refractivity contribution is 5.85. The van der Waals surface area contributed by atoms with E-state index in [9.17, 15) is 4.79 Å². The van der Waals surface area contributed by atoms with E-state index < -0.39 is 0 Å². The van der Waals surface area contributed by atoms with Crippen molar-refractivity contribution < 1.29 is 4.79 Å². The van der Waals surface area contributed by atoms with Crippen LogP contribution in [0.15, 0.2) is 0 Å². The molecule has 0 spiro atoms. The first-order chi connectivity index (χ1) is 8.43. The number of carbonyl (C=O) groups excluding carboxylic acids is 1. The molecule has 19 heavy (non-hydrogen) atoms. The van der Waals surface area contributed by atoms with Crippen molar-refractivity contribution in [3.05, 3.63) is 0 Å². The molecule has 4 nitrogen and oxygen atoms in total. The molecule has 0 aromatic carbocycles. The highest BCUT2D eigenvalue weighted by Gasteiger charge is 2.21. The van der Waals surface area contributed by atoms with E-state index in [1.54, 1.807) is 0 Å². The fourth-order valence-electron chi connectivity index (χ4n) is 2.62. The number of nitrogens with one attached hydrogen (secondary N) is 1. The molecule has 0 atom stereocenters. The summed E-state index contributed by atoms with van der Waals surface area (Å²) in [4.78, 5) is 14.0. The Labute approximate surface area is 123 Å².